The number of ether oxygens (including phenoxy) is 5. The molecule has 1 fully saturated rings. The number of carbonyl (C=O) groups is 4. The monoisotopic (exact) mass is 332 g/mol. The lowest BCUT2D eigenvalue weighted by Gasteiger charge is -2.22. The van der Waals surface area contributed by atoms with E-state index in [4.69, 9.17) is 23.7 Å². The van der Waals surface area contributed by atoms with Crippen LogP contribution in [-0.4, -0.2) is 55.6 Å². The van der Waals surface area contributed by atoms with Crippen molar-refractivity contribution in [1.29, 1.82) is 0 Å². The molecule has 1 aliphatic rings. The highest BCUT2D eigenvalue weighted by atomic mass is 16.7. The van der Waals surface area contributed by atoms with Gasteiger partial charge >= 0.3 is 23.9 Å². The first-order valence-corrected chi connectivity index (χ1v) is 6.97. The molecule has 4 atom stereocenters. The van der Waals surface area contributed by atoms with E-state index in [0.717, 1.165) is 0 Å². The van der Waals surface area contributed by atoms with Crippen LogP contribution in [0.1, 0.15) is 27.7 Å². The summed E-state index contributed by atoms with van der Waals surface area (Å²) in [6.07, 6.45) is -2.90. The van der Waals surface area contributed by atoms with Crippen LogP contribution in [0.5, 0.6) is 0 Å². The van der Waals surface area contributed by atoms with Crippen LogP contribution in [0.15, 0.2) is 0 Å². The molecule has 0 bridgehead atoms. The van der Waals surface area contributed by atoms with Gasteiger partial charge in [-0.2, -0.15) is 0 Å². The van der Waals surface area contributed by atoms with Gasteiger partial charge in [0.1, 0.15) is 19.3 Å². The molecule has 0 saturated carbocycles. The third kappa shape index (κ3) is 6.23. The van der Waals surface area contributed by atoms with Crippen molar-refractivity contribution < 1.29 is 42.9 Å². The van der Waals surface area contributed by atoms with Gasteiger partial charge in [-0.25, -0.2) is 0 Å². The average molecular weight is 332 g/mol. The standard InChI is InChI=1S/C14H20O9/c1-7(15)19-5-11-12(6-20-8(2)16)23-14(22-10(4)18)13(11)21-9(3)17/h11-14H,5-6H2,1-4H3/t11-,12-,13-,14?/m0/s1. The lowest BCUT2D eigenvalue weighted by Crippen LogP contribution is -2.38. The van der Waals surface area contributed by atoms with E-state index in [1.165, 1.54) is 27.7 Å². The molecule has 1 saturated heterocycles. The minimum atomic E-state index is -1.17. The van der Waals surface area contributed by atoms with E-state index in [2.05, 4.69) is 0 Å². The van der Waals surface area contributed by atoms with Crippen molar-refractivity contribution in [1.82, 2.24) is 0 Å². The second-order valence-corrected chi connectivity index (χ2v) is 5.00. The molecule has 0 aromatic heterocycles. The number of rotatable bonds is 6. The Kier molecular flexibility index (Phi) is 6.95. The Bertz CT molecular complexity index is 473. The molecule has 9 nitrogen and oxygen atoms in total. The predicted molar refractivity (Wildman–Crippen MR) is 72.7 cm³/mol. The van der Waals surface area contributed by atoms with Crippen LogP contribution in [0.3, 0.4) is 0 Å². The molecule has 0 radical (unpaired) electrons. The van der Waals surface area contributed by atoms with Gasteiger partial charge in [-0.1, -0.05) is 0 Å². The maximum absolute atomic E-state index is 11.3. The van der Waals surface area contributed by atoms with Crippen LogP contribution in [0.2, 0.25) is 0 Å². The molecule has 1 aliphatic heterocycles. The van der Waals surface area contributed by atoms with E-state index in [-0.39, 0.29) is 13.2 Å². The SMILES string of the molecule is CC(=O)OC[C@H]1[C@H](COC(C)=O)OC(OC(C)=O)[C@H]1OC(C)=O. The summed E-state index contributed by atoms with van der Waals surface area (Å²) in [7, 11) is 0. The van der Waals surface area contributed by atoms with E-state index in [0.29, 0.717) is 0 Å². The summed E-state index contributed by atoms with van der Waals surface area (Å²) in [5.74, 6) is -2.96. The smallest absolute Gasteiger partial charge is 0.305 e. The van der Waals surface area contributed by atoms with E-state index in [1.807, 2.05) is 0 Å². The largest absolute Gasteiger partial charge is 0.465 e. The van der Waals surface area contributed by atoms with Crippen molar-refractivity contribution >= 4 is 23.9 Å². The maximum Gasteiger partial charge on any atom is 0.305 e. The maximum atomic E-state index is 11.3. The molecule has 9 heteroatoms. The molecule has 0 amide bonds. The Labute approximate surface area is 133 Å². The van der Waals surface area contributed by atoms with Crippen molar-refractivity contribution in [2.45, 2.75) is 46.2 Å². The van der Waals surface area contributed by atoms with Crippen LogP contribution >= 0.6 is 0 Å². The molecule has 0 N–H and O–H groups in total. The normalized spacial score (nSPS) is 26.3. The fraction of sp³-hybridized carbons (Fsp3) is 0.714. The summed E-state index contributed by atoms with van der Waals surface area (Å²) in [6.45, 7) is 4.51. The third-order valence-electron chi connectivity index (χ3n) is 2.99. The van der Waals surface area contributed by atoms with E-state index in [1.54, 1.807) is 0 Å². The second-order valence-electron chi connectivity index (χ2n) is 5.00. The van der Waals surface area contributed by atoms with E-state index in [9.17, 15) is 19.2 Å². The van der Waals surface area contributed by atoms with Crippen molar-refractivity contribution in [3.05, 3.63) is 0 Å². The van der Waals surface area contributed by atoms with Gasteiger partial charge in [-0.3, -0.25) is 19.2 Å². The van der Waals surface area contributed by atoms with Crippen molar-refractivity contribution in [3.63, 3.8) is 0 Å². The van der Waals surface area contributed by atoms with Crippen molar-refractivity contribution in [2.75, 3.05) is 13.2 Å². The highest BCUT2D eigenvalue weighted by Crippen LogP contribution is 2.31. The highest BCUT2D eigenvalue weighted by Gasteiger charge is 2.49. The second kappa shape index (κ2) is 8.47. The molecule has 0 aromatic rings. The van der Waals surface area contributed by atoms with Gasteiger partial charge in [0.2, 0.25) is 6.29 Å². The molecular weight excluding hydrogens is 312 g/mol. The zero-order valence-electron chi connectivity index (χ0n) is 13.4. The summed E-state index contributed by atoms with van der Waals surface area (Å²) in [4.78, 5) is 44.4. The fourth-order valence-corrected chi connectivity index (χ4v) is 2.14. The van der Waals surface area contributed by atoms with Gasteiger partial charge in [-0.15, -0.1) is 0 Å². The topological polar surface area (TPSA) is 114 Å². The molecule has 130 valence electrons. The van der Waals surface area contributed by atoms with Crippen LogP contribution in [-0.2, 0) is 42.9 Å². The molecule has 23 heavy (non-hydrogen) atoms. The van der Waals surface area contributed by atoms with Gasteiger partial charge in [0.25, 0.3) is 0 Å². The Hall–Kier alpha value is -2.16. The average Bonchev–Trinajstić information content (AvgIpc) is 2.70. The lowest BCUT2D eigenvalue weighted by molar-refractivity contribution is -0.197. The summed E-state index contributed by atoms with van der Waals surface area (Å²) < 4.78 is 25.4. The minimum absolute atomic E-state index is 0.142. The summed E-state index contributed by atoms with van der Waals surface area (Å²) in [5.41, 5.74) is 0. The molecule has 0 spiro atoms. The molecule has 1 unspecified atom stereocenters. The number of carbonyl (C=O) groups excluding carboxylic acids is 4. The molecule has 1 rings (SSSR count). The molecule has 0 aliphatic carbocycles. The first kappa shape index (κ1) is 18.9. The highest BCUT2D eigenvalue weighted by molar-refractivity contribution is 5.68. The predicted octanol–water partition coefficient (Wildman–Crippen LogP) is -0.0515. The first-order valence-electron chi connectivity index (χ1n) is 6.97. The van der Waals surface area contributed by atoms with E-state index < -0.39 is 48.3 Å². The fourth-order valence-electron chi connectivity index (χ4n) is 2.14. The summed E-state index contributed by atoms with van der Waals surface area (Å²) in [5, 5.41) is 0. The van der Waals surface area contributed by atoms with Crippen LogP contribution in [0, 0.1) is 5.92 Å². The summed E-state index contributed by atoms with van der Waals surface area (Å²) >= 11 is 0. The van der Waals surface area contributed by atoms with E-state index >= 15 is 0 Å². The quantitative estimate of drug-likeness (QED) is 0.487. The molecule has 1 heterocycles. The number of esters is 4. The van der Waals surface area contributed by atoms with Crippen molar-refractivity contribution in [3.8, 4) is 0 Å². The van der Waals surface area contributed by atoms with Gasteiger partial charge in [0.15, 0.2) is 6.10 Å². The summed E-state index contributed by atoms with van der Waals surface area (Å²) in [6, 6.07) is 0. The zero-order valence-corrected chi connectivity index (χ0v) is 13.4. The Balaban J connectivity index is 2.92. The lowest BCUT2D eigenvalue weighted by atomic mass is 9.99. The third-order valence-corrected chi connectivity index (χ3v) is 2.99. The van der Waals surface area contributed by atoms with Gasteiger partial charge in [0, 0.05) is 27.7 Å². The van der Waals surface area contributed by atoms with Gasteiger partial charge in [-0.05, 0) is 0 Å². The van der Waals surface area contributed by atoms with Crippen LogP contribution in [0.4, 0.5) is 0 Å². The van der Waals surface area contributed by atoms with Gasteiger partial charge < -0.3 is 23.7 Å². The minimum Gasteiger partial charge on any atom is -0.465 e. The molecule has 0 aromatic carbocycles. The van der Waals surface area contributed by atoms with Gasteiger partial charge in [0.05, 0.1) is 5.92 Å². The number of hydrogen-bond acceptors (Lipinski definition) is 9. The Morgan fingerprint density at radius 2 is 1.30 bits per heavy atom. The van der Waals surface area contributed by atoms with Crippen LogP contribution in [0.25, 0.3) is 0 Å². The van der Waals surface area contributed by atoms with Crippen LogP contribution < -0.4 is 0 Å². The Morgan fingerprint density at radius 3 is 1.78 bits per heavy atom. The zero-order chi connectivity index (χ0) is 17.6. The van der Waals surface area contributed by atoms with Crippen molar-refractivity contribution in [2.24, 2.45) is 5.92 Å². The Morgan fingerprint density at radius 1 is 0.783 bits per heavy atom. The molecular formula is C14H20O9. The number of hydrogen-bond donors (Lipinski definition) is 0. The first-order chi connectivity index (χ1) is 10.7.